The molecule has 1 unspecified atom stereocenters. The van der Waals surface area contributed by atoms with E-state index in [-0.39, 0.29) is 11.5 Å². The molecule has 0 bridgehead atoms. The Labute approximate surface area is 94.7 Å². The number of aromatic nitrogens is 4. The molecule has 0 aliphatic heterocycles. The lowest BCUT2D eigenvalue weighted by Crippen LogP contribution is -2.22. The maximum Gasteiger partial charge on any atom is 0.163 e. The zero-order chi connectivity index (χ0) is 11.9. The average molecular weight is 219 g/mol. The Morgan fingerprint density at radius 2 is 2.00 bits per heavy atom. The van der Waals surface area contributed by atoms with Gasteiger partial charge in [0.15, 0.2) is 5.65 Å². The molecule has 2 heterocycles. The third-order valence-corrected chi connectivity index (χ3v) is 3.04. The largest absolute Gasteiger partial charge is 0.383 e. The van der Waals surface area contributed by atoms with Crippen LogP contribution in [0.2, 0.25) is 0 Å². The summed E-state index contributed by atoms with van der Waals surface area (Å²) >= 11 is 0. The van der Waals surface area contributed by atoms with E-state index in [1.165, 1.54) is 6.33 Å². The van der Waals surface area contributed by atoms with Crippen molar-refractivity contribution in [3.8, 4) is 0 Å². The van der Waals surface area contributed by atoms with Crippen molar-refractivity contribution >= 4 is 16.9 Å². The first-order valence-corrected chi connectivity index (χ1v) is 5.35. The SMILES string of the molecule is CC(n1ncc2c(N)ncnc21)C(C)(C)C. The molecule has 0 amide bonds. The molecule has 2 aromatic heterocycles. The second-order valence-corrected chi connectivity index (χ2v) is 5.13. The normalized spacial score (nSPS) is 14.2. The Morgan fingerprint density at radius 1 is 1.31 bits per heavy atom. The van der Waals surface area contributed by atoms with Crippen LogP contribution in [-0.4, -0.2) is 19.7 Å². The molecule has 0 aliphatic carbocycles. The number of nitrogens with two attached hydrogens (primary N) is 1. The van der Waals surface area contributed by atoms with Gasteiger partial charge in [0.1, 0.15) is 12.1 Å². The summed E-state index contributed by atoms with van der Waals surface area (Å²) in [6.45, 7) is 8.66. The molecule has 5 heteroatoms. The van der Waals surface area contributed by atoms with Crippen molar-refractivity contribution in [2.45, 2.75) is 33.7 Å². The second-order valence-electron chi connectivity index (χ2n) is 5.13. The molecule has 2 rings (SSSR count). The number of anilines is 1. The molecule has 2 N–H and O–H groups in total. The van der Waals surface area contributed by atoms with Crippen LogP contribution in [0.3, 0.4) is 0 Å². The quantitative estimate of drug-likeness (QED) is 0.796. The van der Waals surface area contributed by atoms with E-state index in [1.807, 2.05) is 4.68 Å². The highest BCUT2D eigenvalue weighted by Crippen LogP contribution is 2.31. The predicted octanol–water partition coefficient (Wildman–Crippen LogP) is 2.02. The van der Waals surface area contributed by atoms with Gasteiger partial charge in [-0.2, -0.15) is 5.10 Å². The van der Waals surface area contributed by atoms with Gasteiger partial charge in [0.2, 0.25) is 0 Å². The Hall–Kier alpha value is -1.65. The van der Waals surface area contributed by atoms with Gasteiger partial charge in [-0.05, 0) is 12.3 Å². The van der Waals surface area contributed by atoms with Gasteiger partial charge >= 0.3 is 0 Å². The molecule has 0 saturated heterocycles. The van der Waals surface area contributed by atoms with Gasteiger partial charge in [-0.25, -0.2) is 14.6 Å². The summed E-state index contributed by atoms with van der Waals surface area (Å²) in [5.74, 6) is 0.484. The predicted molar refractivity (Wildman–Crippen MR) is 63.9 cm³/mol. The van der Waals surface area contributed by atoms with Gasteiger partial charge in [-0.3, -0.25) is 0 Å². The van der Waals surface area contributed by atoms with Crippen molar-refractivity contribution in [1.82, 2.24) is 19.7 Å². The van der Waals surface area contributed by atoms with Crippen LogP contribution < -0.4 is 5.73 Å². The summed E-state index contributed by atoms with van der Waals surface area (Å²) in [5.41, 5.74) is 6.70. The smallest absolute Gasteiger partial charge is 0.163 e. The summed E-state index contributed by atoms with van der Waals surface area (Å²) in [4.78, 5) is 8.20. The lowest BCUT2D eigenvalue weighted by Gasteiger charge is -2.27. The number of fused-ring (bicyclic) bond motifs is 1. The third-order valence-electron chi connectivity index (χ3n) is 3.04. The topological polar surface area (TPSA) is 69.6 Å². The summed E-state index contributed by atoms with van der Waals surface area (Å²) < 4.78 is 1.91. The van der Waals surface area contributed by atoms with Crippen molar-refractivity contribution in [3.63, 3.8) is 0 Å². The minimum absolute atomic E-state index is 0.124. The molecule has 0 spiro atoms. The number of rotatable bonds is 1. The van der Waals surface area contributed by atoms with Crippen LogP contribution in [0.1, 0.15) is 33.7 Å². The molecule has 0 fully saturated rings. The fourth-order valence-electron chi connectivity index (χ4n) is 1.53. The molecule has 1 atom stereocenters. The van der Waals surface area contributed by atoms with Crippen molar-refractivity contribution in [3.05, 3.63) is 12.5 Å². The maximum absolute atomic E-state index is 5.77. The zero-order valence-corrected chi connectivity index (χ0v) is 10.1. The highest BCUT2D eigenvalue weighted by molar-refractivity contribution is 5.84. The third kappa shape index (κ3) is 1.62. The number of hydrogen-bond donors (Lipinski definition) is 1. The van der Waals surface area contributed by atoms with Crippen LogP contribution in [0.15, 0.2) is 12.5 Å². The van der Waals surface area contributed by atoms with E-state index < -0.39 is 0 Å². The van der Waals surface area contributed by atoms with E-state index in [9.17, 15) is 0 Å². The van der Waals surface area contributed by atoms with E-state index in [4.69, 9.17) is 5.73 Å². The van der Waals surface area contributed by atoms with E-state index in [0.717, 1.165) is 11.0 Å². The lowest BCUT2D eigenvalue weighted by molar-refractivity contribution is 0.249. The molecular formula is C11H17N5. The molecule has 2 aromatic rings. The van der Waals surface area contributed by atoms with Crippen LogP contribution in [0.4, 0.5) is 5.82 Å². The number of nitrogens with zero attached hydrogens (tertiary/aromatic N) is 4. The van der Waals surface area contributed by atoms with Crippen LogP contribution in [0, 0.1) is 5.41 Å². The summed E-state index contributed by atoms with van der Waals surface area (Å²) in [7, 11) is 0. The number of hydrogen-bond acceptors (Lipinski definition) is 4. The van der Waals surface area contributed by atoms with E-state index in [1.54, 1.807) is 6.20 Å². The maximum atomic E-state index is 5.77. The van der Waals surface area contributed by atoms with Crippen molar-refractivity contribution in [2.75, 3.05) is 5.73 Å². The average Bonchev–Trinajstić information content (AvgIpc) is 2.60. The first-order chi connectivity index (χ1) is 7.41. The van der Waals surface area contributed by atoms with Gasteiger partial charge in [0.05, 0.1) is 17.6 Å². The monoisotopic (exact) mass is 219 g/mol. The Morgan fingerprint density at radius 3 is 2.62 bits per heavy atom. The van der Waals surface area contributed by atoms with Crippen molar-refractivity contribution < 1.29 is 0 Å². The molecule has 86 valence electrons. The van der Waals surface area contributed by atoms with Crippen LogP contribution in [0.5, 0.6) is 0 Å². The first-order valence-electron chi connectivity index (χ1n) is 5.35. The van der Waals surface area contributed by atoms with Crippen LogP contribution >= 0.6 is 0 Å². The first kappa shape index (κ1) is 10.9. The highest BCUT2D eigenvalue weighted by atomic mass is 15.3. The number of nitrogen functional groups attached to an aromatic ring is 1. The lowest BCUT2D eigenvalue weighted by atomic mass is 9.88. The van der Waals surface area contributed by atoms with Gasteiger partial charge < -0.3 is 5.73 Å². The van der Waals surface area contributed by atoms with E-state index in [0.29, 0.717) is 5.82 Å². The molecular weight excluding hydrogens is 202 g/mol. The van der Waals surface area contributed by atoms with Gasteiger partial charge in [0, 0.05) is 0 Å². The van der Waals surface area contributed by atoms with Gasteiger partial charge in [0.25, 0.3) is 0 Å². The fourth-order valence-corrected chi connectivity index (χ4v) is 1.53. The van der Waals surface area contributed by atoms with E-state index in [2.05, 4.69) is 42.8 Å². The molecule has 0 aliphatic rings. The van der Waals surface area contributed by atoms with Gasteiger partial charge in [-0.15, -0.1) is 0 Å². The van der Waals surface area contributed by atoms with Crippen molar-refractivity contribution in [2.24, 2.45) is 5.41 Å². The Balaban J connectivity index is 2.59. The Bertz CT molecular complexity index is 509. The standard InChI is InChI=1S/C11H17N5/c1-7(11(2,3)4)16-10-8(5-15-16)9(12)13-6-14-10/h5-7H,1-4H3,(H2,12,13,14). The minimum atomic E-state index is 0.124. The summed E-state index contributed by atoms with van der Waals surface area (Å²) in [6, 6.07) is 0.249. The van der Waals surface area contributed by atoms with Crippen LogP contribution in [-0.2, 0) is 0 Å². The molecule has 0 saturated carbocycles. The molecule has 5 nitrogen and oxygen atoms in total. The molecule has 0 radical (unpaired) electrons. The molecule has 16 heavy (non-hydrogen) atoms. The second kappa shape index (κ2) is 3.43. The fraction of sp³-hybridized carbons (Fsp3) is 0.545. The highest BCUT2D eigenvalue weighted by Gasteiger charge is 2.24. The zero-order valence-electron chi connectivity index (χ0n) is 10.1. The summed E-state index contributed by atoms with van der Waals surface area (Å²) in [5, 5.41) is 5.17. The van der Waals surface area contributed by atoms with Crippen LogP contribution in [0.25, 0.3) is 11.0 Å². The minimum Gasteiger partial charge on any atom is -0.383 e. The van der Waals surface area contributed by atoms with Crippen molar-refractivity contribution in [1.29, 1.82) is 0 Å². The van der Waals surface area contributed by atoms with Gasteiger partial charge in [-0.1, -0.05) is 20.8 Å². The van der Waals surface area contributed by atoms with E-state index >= 15 is 0 Å². The molecule has 0 aromatic carbocycles. The Kier molecular flexibility index (Phi) is 2.33. The summed E-state index contributed by atoms with van der Waals surface area (Å²) in [6.07, 6.45) is 3.21.